The van der Waals surface area contributed by atoms with Gasteiger partial charge >= 0.3 is 0 Å². The maximum atomic E-state index is 13.4. The Balaban J connectivity index is 0.00000308. The molecule has 3 atom stereocenters. The number of likely N-dealkylation sites (tertiary alicyclic amines) is 1. The van der Waals surface area contributed by atoms with Gasteiger partial charge in [0.25, 0.3) is 0 Å². The number of ether oxygens (including phenoxy) is 1. The van der Waals surface area contributed by atoms with Gasteiger partial charge in [0.2, 0.25) is 0 Å². The van der Waals surface area contributed by atoms with E-state index < -0.39 is 12.5 Å². The van der Waals surface area contributed by atoms with E-state index in [-0.39, 0.29) is 69.1 Å². The van der Waals surface area contributed by atoms with Crippen LogP contribution < -0.4 is 4.74 Å². The van der Waals surface area contributed by atoms with Crippen molar-refractivity contribution in [3.8, 4) is 22.6 Å². The first-order chi connectivity index (χ1) is 19.2. The summed E-state index contributed by atoms with van der Waals surface area (Å²) in [6.07, 6.45) is 3.54. The third kappa shape index (κ3) is 7.60. The third-order valence-corrected chi connectivity index (χ3v) is 8.43. The molecule has 0 bridgehead atoms. The Morgan fingerprint density at radius 2 is 1.83 bits per heavy atom. The van der Waals surface area contributed by atoms with Gasteiger partial charge in [0.1, 0.15) is 23.1 Å². The molecule has 2 aromatic rings. The summed E-state index contributed by atoms with van der Waals surface area (Å²) in [7, 11) is 1.62. The summed E-state index contributed by atoms with van der Waals surface area (Å²) in [6, 6.07) is 9.52. The summed E-state index contributed by atoms with van der Waals surface area (Å²) in [4.78, 5) is 40.1. The molecule has 1 aliphatic carbocycles. The van der Waals surface area contributed by atoms with Gasteiger partial charge < -0.3 is 25.5 Å². The number of methoxy groups -OCH3 is 1. The minimum Gasteiger partial charge on any atom is -0.507 e. The second kappa shape index (κ2) is 14.7. The van der Waals surface area contributed by atoms with Crippen LogP contribution in [-0.4, -0.2) is 76.5 Å². The number of hydrogen-bond acceptors (Lipinski definition) is 8. The zero-order valence-electron chi connectivity index (χ0n) is 24.0. The first kappa shape index (κ1) is 32.4. The summed E-state index contributed by atoms with van der Waals surface area (Å²) in [5.41, 5.74) is 3.91. The van der Waals surface area contributed by atoms with Gasteiger partial charge in [-0.15, -0.1) is 0 Å². The molecule has 0 amide bonds. The van der Waals surface area contributed by atoms with Crippen LogP contribution in [0.4, 0.5) is 0 Å². The standard InChI is InChI=1S/C32H41NO7.H2O.2H2/c1-20(36)13-29(38)27(19-35)23(9-12-34)14-22-16-26-24(6-7-28(37)32(26)30(39)17-22)25-15-21(5-8-31(25)40-2)18-33-10-3-4-11-33;;;/h5-8,15,22-23,27,34-35,37H,3-4,9-14,16-19H2,1-2H3;1H2;2*1H. The van der Waals surface area contributed by atoms with Gasteiger partial charge in [-0.1, -0.05) is 12.1 Å². The highest BCUT2D eigenvalue weighted by Gasteiger charge is 2.35. The monoisotopic (exact) mass is 573 g/mol. The lowest BCUT2D eigenvalue weighted by Gasteiger charge is -2.32. The molecule has 9 heteroatoms. The lowest BCUT2D eigenvalue weighted by Crippen LogP contribution is -2.32. The maximum Gasteiger partial charge on any atom is 0.167 e. The van der Waals surface area contributed by atoms with E-state index in [1.807, 2.05) is 12.1 Å². The molecule has 0 saturated carbocycles. The molecule has 2 aliphatic rings. The zero-order chi connectivity index (χ0) is 28.8. The average molecular weight is 574 g/mol. The summed E-state index contributed by atoms with van der Waals surface area (Å²) in [6.45, 7) is 3.74. The number of phenols is 1. The van der Waals surface area contributed by atoms with Gasteiger partial charge in [0, 0.05) is 33.9 Å². The van der Waals surface area contributed by atoms with Crippen LogP contribution in [0.2, 0.25) is 0 Å². The molecule has 0 radical (unpaired) electrons. The molecule has 228 valence electrons. The molecular weight excluding hydrogens is 526 g/mol. The molecule has 3 unspecified atom stereocenters. The van der Waals surface area contributed by atoms with E-state index in [9.17, 15) is 29.7 Å². The molecule has 4 rings (SSSR count). The van der Waals surface area contributed by atoms with Crippen molar-refractivity contribution in [2.75, 3.05) is 33.4 Å². The van der Waals surface area contributed by atoms with Gasteiger partial charge in [-0.05, 0) is 98.8 Å². The smallest absolute Gasteiger partial charge is 0.167 e. The van der Waals surface area contributed by atoms with Gasteiger partial charge in [-0.25, -0.2) is 0 Å². The van der Waals surface area contributed by atoms with Crippen molar-refractivity contribution in [1.82, 2.24) is 4.90 Å². The van der Waals surface area contributed by atoms with Crippen LogP contribution in [0.3, 0.4) is 0 Å². The van der Waals surface area contributed by atoms with E-state index in [0.29, 0.717) is 24.2 Å². The van der Waals surface area contributed by atoms with Crippen LogP contribution in [-0.2, 0) is 22.6 Å². The highest BCUT2D eigenvalue weighted by atomic mass is 16.5. The summed E-state index contributed by atoms with van der Waals surface area (Å²) in [5, 5.41) is 30.5. The Morgan fingerprint density at radius 3 is 2.46 bits per heavy atom. The second-order valence-electron chi connectivity index (χ2n) is 11.3. The van der Waals surface area contributed by atoms with Gasteiger partial charge in [0.15, 0.2) is 5.78 Å². The SMILES string of the molecule is COc1ccc(CN2CCCC2)cc1-c1ccc(O)c2c1CC(CC(CCO)C(CO)C(=O)CC(C)=O)CC2=O.O.[HH].[HH]. The Labute approximate surface area is 244 Å². The maximum absolute atomic E-state index is 13.4. The van der Waals surface area contributed by atoms with E-state index >= 15 is 0 Å². The molecule has 1 aliphatic heterocycles. The lowest BCUT2D eigenvalue weighted by atomic mass is 9.72. The van der Waals surface area contributed by atoms with Crippen molar-refractivity contribution in [1.29, 1.82) is 0 Å². The highest BCUT2D eigenvalue weighted by molar-refractivity contribution is 6.03. The molecular formula is C32H47NO8. The fraction of sp³-hybridized carbons (Fsp3) is 0.531. The number of Topliss-reactive ketones (excluding diaryl/α,β-unsaturated/α-hetero) is 3. The fourth-order valence-corrected chi connectivity index (χ4v) is 6.53. The Hall–Kier alpha value is -3.11. The third-order valence-electron chi connectivity index (χ3n) is 8.43. The van der Waals surface area contributed by atoms with Crippen LogP contribution in [0.25, 0.3) is 11.1 Å². The second-order valence-corrected chi connectivity index (χ2v) is 11.3. The number of nitrogens with zero attached hydrogens (tertiary/aromatic N) is 1. The Kier molecular flexibility index (Phi) is 11.6. The largest absolute Gasteiger partial charge is 0.507 e. The molecule has 9 nitrogen and oxygen atoms in total. The summed E-state index contributed by atoms with van der Waals surface area (Å²) < 4.78 is 5.72. The van der Waals surface area contributed by atoms with E-state index in [2.05, 4.69) is 17.0 Å². The van der Waals surface area contributed by atoms with E-state index in [1.54, 1.807) is 13.2 Å². The summed E-state index contributed by atoms with van der Waals surface area (Å²) >= 11 is 0. The number of phenolic OH excluding ortho intramolecular Hbond substituents is 1. The van der Waals surface area contributed by atoms with Crippen molar-refractivity contribution < 1.29 is 42.8 Å². The van der Waals surface area contributed by atoms with Gasteiger partial charge in [-0.2, -0.15) is 0 Å². The zero-order valence-corrected chi connectivity index (χ0v) is 24.0. The average Bonchev–Trinajstić information content (AvgIpc) is 3.42. The van der Waals surface area contributed by atoms with Crippen LogP contribution in [0.5, 0.6) is 11.5 Å². The van der Waals surface area contributed by atoms with Crippen LogP contribution >= 0.6 is 0 Å². The molecule has 1 heterocycles. The quantitative estimate of drug-likeness (QED) is 0.307. The number of aliphatic hydroxyl groups is 2. The number of hydrogen-bond donors (Lipinski definition) is 3. The molecule has 1 saturated heterocycles. The number of carbonyl (C=O) groups excluding carboxylic acids is 3. The number of benzene rings is 2. The first-order valence-corrected chi connectivity index (χ1v) is 14.3. The predicted octanol–water partition coefficient (Wildman–Crippen LogP) is 3.62. The molecule has 1 fully saturated rings. The van der Waals surface area contributed by atoms with Crippen LogP contribution in [0, 0.1) is 17.8 Å². The number of aromatic hydroxyl groups is 1. The van der Waals surface area contributed by atoms with Crippen molar-refractivity contribution in [2.45, 2.75) is 58.4 Å². The number of fused-ring (bicyclic) bond motifs is 1. The van der Waals surface area contributed by atoms with Gasteiger partial charge in [-0.3, -0.25) is 19.3 Å². The van der Waals surface area contributed by atoms with Crippen molar-refractivity contribution in [2.24, 2.45) is 17.8 Å². The van der Waals surface area contributed by atoms with Crippen LogP contribution in [0.1, 0.15) is 69.8 Å². The van der Waals surface area contributed by atoms with Gasteiger partial charge in [0.05, 0.1) is 25.7 Å². The Morgan fingerprint density at radius 1 is 1.10 bits per heavy atom. The van der Waals surface area contributed by atoms with Crippen molar-refractivity contribution in [3.63, 3.8) is 0 Å². The number of aliphatic hydroxyl groups excluding tert-OH is 2. The minimum absolute atomic E-state index is 0. The minimum atomic E-state index is -0.779. The number of carbonyl (C=O) groups is 3. The molecule has 0 spiro atoms. The molecule has 41 heavy (non-hydrogen) atoms. The Bertz CT molecular complexity index is 1250. The number of ketones is 3. The topological polar surface area (TPSA) is 156 Å². The summed E-state index contributed by atoms with van der Waals surface area (Å²) in [5.74, 6) is -1.46. The highest BCUT2D eigenvalue weighted by Crippen LogP contribution is 2.43. The normalized spacial score (nSPS) is 18.3. The van der Waals surface area contributed by atoms with Crippen LogP contribution in [0.15, 0.2) is 30.3 Å². The fourth-order valence-electron chi connectivity index (χ4n) is 6.53. The van der Waals surface area contributed by atoms with E-state index in [4.69, 9.17) is 4.74 Å². The van der Waals surface area contributed by atoms with Crippen molar-refractivity contribution in [3.05, 3.63) is 47.0 Å². The molecule has 0 aromatic heterocycles. The van der Waals surface area contributed by atoms with E-state index in [0.717, 1.165) is 41.9 Å². The van der Waals surface area contributed by atoms with Crippen molar-refractivity contribution >= 4 is 17.3 Å². The lowest BCUT2D eigenvalue weighted by molar-refractivity contribution is -0.131. The van der Waals surface area contributed by atoms with E-state index in [1.165, 1.54) is 19.8 Å². The molecule has 5 N–H and O–H groups in total. The number of rotatable bonds is 13. The molecule has 2 aromatic carbocycles. The first-order valence-electron chi connectivity index (χ1n) is 14.3. The predicted molar refractivity (Wildman–Crippen MR) is 159 cm³/mol.